The topological polar surface area (TPSA) is 12.9 Å². The first kappa shape index (κ1) is 4.63. The Bertz CT molecular complexity index is 281. The molecule has 1 aromatic heterocycles. The summed E-state index contributed by atoms with van der Waals surface area (Å²) in [5.74, 6) is -0.852. The first-order chi connectivity index (χ1) is 5.04. The SMILES string of the molecule is [2H]c1nc(Cl)c(Br)c(F)c1[2H]. The van der Waals surface area contributed by atoms with Gasteiger partial charge in [0.25, 0.3) is 0 Å². The molecule has 0 aliphatic carbocycles. The molecule has 0 bridgehead atoms. The number of halogens is 3. The molecule has 0 aromatic carbocycles. The normalized spacial score (nSPS) is 12.8. The molecule has 1 heterocycles. The maximum Gasteiger partial charge on any atom is 0.146 e. The van der Waals surface area contributed by atoms with Crippen LogP contribution in [0.5, 0.6) is 0 Å². The van der Waals surface area contributed by atoms with Crippen molar-refractivity contribution < 1.29 is 7.13 Å². The molecule has 48 valence electrons. The second-order valence-electron chi connectivity index (χ2n) is 1.27. The molecule has 0 amide bonds. The summed E-state index contributed by atoms with van der Waals surface area (Å²) in [5, 5.41) is -0.136. The number of hydrogen-bond donors (Lipinski definition) is 0. The van der Waals surface area contributed by atoms with Gasteiger partial charge in [-0.15, -0.1) is 0 Å². The molecular weight excluding hydrogens is 208 g/mol. The maximum absolute atomic E-state index is 12.8. The van der Waals surface area contributed by atoms with Crippen molar-refractivity contribution in [2.75, 3.05) is 0 Å². The van der Waals surface area contributed by atoms with Crippen LogP contribution in [0.4, 0.5) is 4.39 Å². The first-order valence-corrected chi connectivity index (χ1v) is 3.19. The van der Waals surface area contributed by atoms with E-state index in [4.69, 9.17) is 14.3 Å². The zero-order valence-corrected chi connectivity index (χ0v) is 6.42. The van der Waals surface area contributed by atoms with E-state index in [2.05, 4.69) is 20.9 Å². The van der Waals surface area contributed by atoms with Gasteiger partial charge in [-0.25, -0.2) is 9.37 Å². The van der Waals surface area contributed by atoms with E-state index in [1.165, 1.54) is 0 Å². The second kappa shape index (κ2) is 2.62. The standard InChI is InChI=1S/C5H2BrClFN/c6-4-3(8)1-2-9-5(4)7/h1-2H/i1D,2D. The highest BCUT2D eigenvalue weighted by Crippen LogP contribution is 2.21. The molecule has 0 fully saturated rings. The molecule has 1 rings (SSSR count). The molecule has 0 aliphatic heterocycles. The van der Waals surface area contributed by atoms with Crippen molar-refractivity contribution in [2.45, 2.75) is 0 Å². The molecule has 0 saturated heterocycles. The molecule has 1 nitrogen and oxygen atoms in total. The van der Waals surface area contributed by atoms with Crippen LogP contribution in [0, 0.1) is 5.82 Å². The third-order valence-electron chi connectivity index (χ3n) is 0.694. The molecule has 1 aromatic rings. The van der Waals surface area contributed by atoms with Gasteiger partial charge in [0.1, 0.15) is 11.0 Å². The van der Waals surface area contributed by atoms with Crippen LogP contribution >= 0.6 is 27.5 Å². The smallest absolute Gasteiger partial charge is 0.146 e. The van der Waals surface area contributed by atoms with E-state index in [1.807, 2.05) is 0 Å². The molecular formula is C5H2BrClFN. The van der Waals surface area contributed by atoms with Gasteiger partial charge in [-0.05, 0) is 22.0 Å². The summed E-state index contributed by atoms with van der Waals surface area (Å²) in [5.41, 5.74) is 0. The molecule has 4 heteroatoms. The minimum absolute atomic E-state index is 0.0693. The van der Waals surface area contributed by atoms with Gasteiger partial charge >= 0.3 is 0 Å². The third kappa shape index (κ3) is 1.40. The lowest BCUT2D eigenvalue weighted by atomic mass is 10.5. The minimum atomic E-state index is -0.852. The summed E-state index contributed by atoms with van der Waals surface area (Å²) in [6.07, 6.45) is -0.462. The first-order valence-electron chi connectivity index (χ1n) is 3.01. The number of rotatable bonds is 0. The quantitative estimate of drug-likeness (QED) is 0.603. The summed E-state index contributed by atoms with van der Waals surface area (Å²) in [6.45, 7) is 0. The van der Waals surface area contributed by atoms with Crippen LogP contribution in [-0.4, -0.2) is 4.98 Å². The van der Waals surface area contributed by atoms with E-state index >= 15 is 0 Å². The summed E-state index contributed by atoms with van der Waals surface area (Å²) in [4.78, 5) is 3.39. The number of hydrogen-bond acceptors (Lipinski definition) is 1. The van der Waals surface area contributed by atoms with Gasteiger partial charge in [-0.3, -0.25) is 0 Å². The van der Waals surface area contributed by atoms with E-state index in [9.17, 15) is 4.39 Å². The van der Waals surface area contributed by atoms with Crippen molar-refractivity contribution in [1.29, 1.82) is 0 Å². The Morgan fingerprint density at radius 2 is 2.56 bits per heavy atom. The van der Waals surface area contributed by atoms with Crippen LogP contribution in [0.15, 0.2) is 16.7 Å². The summed E-state index contributed by atoms with van der Waals surface area (Å²) < 4.78 is 26.6. The number of pyridine rings is 1. The van der Waals surface area contributed by atoms with Crippen molar-refractivity contribution in [3.8, 4) is 0 Å². The molecule has 0 unspecified atom stereocenters. The highest BCUT2D eigenvalue weighted by Gasteiger charge is 2.01. The van der Waals surface area contributed by atoms with Crippen LogP contribution in [0.25, 0.3) is 0 Å². The van der Waals surface area contributed by atoms with Gasteiger partial charge in [-0.2, -0.15) is 0 Å². The van der Waals surface area contributed by atoms with Crippen molar-refractivity contribution in [3.63, 3.8) is 0 Å². The predicted molar refractivity (Wildman–Crippen MR) is 36.9 cm³/mol. The van der Waals surface area contributed by atoms with Gasteiger partial charge in [0, 0.05) is 6.17 Å². The average Bonchev–Trinajstić information content (AvgIpc) is 1.97. The van der Waals surface area contributed by atoms with Gasteiger partial charge in [0.15, 0.2) is 0 Å². The average molecular weight is 212 g/mol. The highest BCUT2D eigenvalue weighted by molar-refractivity contribution is 9.10. The summed E-state index contributed by atoms with van der Waals surface area (Å²) in [6, 6.07) is -0.554. The fraction of sp³-hybridized carbons (Fsp3) is 0. The van der Waals surface area contributed by atoms with Crippen LogP contribution in [0.2, 0.25) is 5.15 Å². The predicted octanol–water partition coefficient (Wildman–Crippen LogP) is 2.64. The third-order valence-corrected chi connectivity index (χ3v) is 1.92. The van der Waals surface area contributed by atoms with Gasteiger partial charge in [-0.1, -0.05) is 11.6 Å². The molecule has 0 radical (unpaired) electrons. The fourth-order valence-corrected chi connectivity index (χ4v) is 0.634. The Morgan fingerprint density at radius 1 is 1.89 bits per heavy atom. The van der Waals surface area contributed by atoms with E-state index < -0.39 is 18.0 Å². The van der Waals surface area contributed by atoms with E-state index in [1.54, 1.807) is 0 Å². The van der Waals surface area contributed by atoms with Crippen LogP contribution < -0.4 is 0 Å². The zero-order valence-electron chi connectivity index (χ0n) is 6.08. The summed E-state index contributed by atoms with van der Waals surface area (Å²) >= 11 is 8.18. The number of nitrogens with zero attached hydrogens (tertiary/aromatic N) is 1. The Morgan fingerprint density at radius 3 is 3.22 bits per heavy atom. The molecule has 0 aliphatic rings. The van der Waals surface area contributed by atoms with E-state index in [0.29, 0.717) is 0 Å². The lowest BCUT2D eigenvalue weighted by Gasteiger charge is -1.92. The largest absolute Gasteiger partial charge is 0.243 e. The minimum Gasteiger partial charge on any atom is -0.243 e. The van der Waals surface area contributed by atoms with Gasteiger partial charge in [0.05, 0.1) is 7.21 Å². The van der Waals surface area contributed by atoms with Crippen molar-refractivity contribution >= 4 is 27.5 Å². The van der Waals surface area contributed by atoms with E-state index in [0.717, 1.165) is 0 Å². The fourth-order valence-electron chi connectivity index (χ4n) is 0.321. The molecule has 9 heavy (non-hydrogen) atoms. The van der Waals surface area contributed by atoms with Gasteiger partial charge in [0.2, 0.25) is 0 Å². The zero-order chi connectivity index (χ0) is 8.59. The lowest BCUT2D eigenvalue weighted by molar-refractivity contribution is 0.618. The van der Waals surface area contributed by atoms with Gasteiger partial charge < -0.3 is 0 Å². The Hall–Kier alpha value is -0.150. The van der Waals surface area contributed by atoms with Crippen molar-refractivity contribution in [2.24, 2.45) is 0 Å². The lowest BCUT2D eigenvalue weighted by Crippen LogP contribution is -1.80. The highest BCUT2D eigenvalue weighted by atomic mass is 79.9. The molecule has 0 saturated carbocycles. The summed E-state index contributed by atoms with van der Waals surface area (Å²) in [7, 11) is 0. The second-order valence-corrected chi connectivity index (χ2v) is 2.42. The van der Waals surface area contributed by atoms with Crippen LogP contribution in [0.1, 0.15) is 2.74 Å². The molecule has 0 spiro atoms. The van der Waals surface area contributed by atoms with Crippen molar-refractivity contribution in [1.82, 2.24) is 4.98 Å². The maximum atomic E-state index is 12.8. The van der Waals surface area contributed by atoms with E-state index in [-0.39, 0.29) is 9.63 Å². The van der Waals surface area contributed by atoms with Crippen molar-refractivity contribution in [3.05, 3.63) is 27.7 Å². The Labute approximate surface area is 67.8 Å². The molecule has 0 atom stereocenters. The van der Waals surface area contributed by atoms with Crippen LogP contribution in [0.3, 0.4) is 0 Å². The Kier molecular flexibility index (Phi) is 1.35. The number of aromatic nitrogens is 1. The van der Waals surface area contributed by atoms with Crippen LogP contribution in [-0.2, 0) is 0 Å². The molecule has 0 N–H and O–H groups in total. The Balaban J connectivity index is 3.46. The monoisotopic (exact) mass is 211 g/mol.